The van der Waals surface area contributed by atoms with E-state index in [0.29, 0.717) is 24.3 Å². The van der Waals surface area contributed by atoms with E-state index >= 15 is 0 Å². The molecule has 2 aromatic rings. The van der Waals surface area contributed by atoms with E-state index in [9.17, 15) is 9.59 Å². The van der Waals surface area contributed by atoms with Crippen LogP contribution in [0.3, 0.4) is 0 Å². The van der Waals surface area contributed by atoms with Crippen LogP contribution in [0.1, 0.15) is 10.4 Å². The third-order valence-corrected chi connectivity index (χ3v) is 4.50. The highest BCUT2D eigenvalue weighted by Gasteiger charge is 2.22. The van der Waals surface area contributed by atoms with Crippen molar-refractivity contribution in [1.29, 1.82) is 0 Å². The molecular formula is C20H23N3O3. The van der Waals surface area contributed by atoms with Gasteiger partial charge in [-0.3, -0.25) is 4.79 Å². The number of amides is 1. The summed E-state index contributed by atoms with van der Waals surface area (Å²) in [7, 11) is 1.74. The predicted molar refractivity (Wildman–Crippen MR) is 102 cm³/mol. The minimum absolute atomic E-state index is 0.159. The molecule has 1 amide bonds. The van der Waals surface area contributed by atoms with Crippen molar-refractivity contribution in [3.8, 4) is 0 Å². The second-order valence-corrected chi connectivity index (χ2v) is 6.08. The Morgan fingerprint density at radius 1 is 0.962 bits per heavy atom. The Labute approximate surface area is 153 Å². The van der Waals surface area contributed by atoms with Gasteiger partial charge in [-0.2, -0.15) is 0 Å². The number of hydrogen-bond acceptors (Lipinski definition) is 5. The fourth-order valence-corrected chi connectivity index (χ4v) is 3.03. The predicted octanol–water partition coefficient (Wildman–Crippen LogP) is 2.23. The number of ether oxygens (including phenoxy) is 1. The molecule has 0 saturated carbocycles. The first kappa shape index (κ1) is 17.8. The van der Waals surface area contributed by atoms with E-state index in [2.05, 4.69) is 22.3 Å². The van der Waals surface area contributed by atoms with E-state index in [-0.39, 0.29) is 12.5 Å². The number of carbonyl (C=O) groups excluding carboxylic acids is 2. The summed E-state index contributed by atoms with van der Waals surface area (Å²) in [6, 6.07) is 17.2. The van der Waals surface area contributed by atoms with Crippen LogP contribution in [0.15, 0.2) is 54.6 Å². The number of carbonyl (C=O) groups is 2. The molecule has 1 fully saturated rings. The molecule has 0 spiro atoms. The Bertz CT molecular complexity index is 756. The summed E-state index contributed by atoms with van der Waals surface area (Å²) in [5, 5.41) is 2.95. The normalized spacial score (nSPS) is 14.0. The molecular weight excluding hydrogens is 330 g/mol. The molecule has 0 radical (unpaired) electrons. The van der Waals surface area contributed by atoms with Gasteiger partial charge in [-0.25, -0.2) is 4.79 Å². The van der Waals surface area contributed by atoms with Gasteiger partial charge in [0.15, 0.2) is 6.61 Å². The van der Waals surface area contributed by atoms with Gasteiger partial charge in [0.05, 0.1) is 5.56 Å². The molecule has 1 N–H and O–H groups in total. The topological polar surface area (TPSA) is 61.9 Å². The minimum atomic E-state index is -0.494. The molecule has 1 aliphatic rings. The van der Waals surface area contributed by atoms with Crippen LogP contribution in [0.4, 0.5) is 11.4 Å². The van der Waals surface area contributed by atoms with Crippen LogP contribution in [-0.2, 0) is 9.53 Å². The minimum Gasteiger partial charge on any atom is -0.452 e. The average molecular weight is 353 g/mol. The van der Waals surface area contributed by atoms with E-state index in [1.807, 2.05) is 24.3 Å². The summed E-state index contributed by atoms with van der Waals surface area (Å²) in [5.74, 6) is -0.653. The van der Waals surface area contributed by atoms with Gasteiger partial charge >= 0.3 is 5.97 Å². The van der Waals surface area contributed by atoms with Gasteiger partial charge in [-0.1, -0.05) is 30.3 Å². The third-order valence-electron chi connectivity index (χ3n) is 4.50. The summed E-state index contributed by atoms with van der Waals surface area (Å²) in [5.41, 5.74) is 2.27. The van der Waals surface area contributed by atoms with Gasteiger partial charge in [0.25, 0.3) is 5.91 Å². The van der Waals surface area contributed by atoms with Crippen molar-refractivity contribution in [2.24, 2.45) is 0 Å². The summed E-state index contributed by atoms with van der Waals surface area (Å²) in [6.07, 6.45) is 0. The van der Waals surface area contributed by atoms with Crippen molar-refractivity contribution in [1.82, 2.24) is 4.90 Å². The lowest BCUT2D eigenvalue weighted by Gasteiger charge is -2.36. The monoisotopic (exact) mass is 353 g/mol. The molecule has 2 aromatic carbocycles. The Balaban J connectivity index is 1.49. The van der Waals surface area contributed by atoms with E-state index in [1.54, 1.807) is 30.1 Å². The van der Waals surface area contributed by atoms with Gasteiger partial charge in [-0.15, -0.1) is 0 Å². The van der Waals surface area contributed by atoms with Crippen molar-refractivity contribution in [3.63, 3.8) is 0 Å². The molecule has 0 aliphatic carbocycles. The average Bonchev–Trinajstić information content (AvgIpc) is 2.72. The Kier molecular flexibility index (Phi) is 5.73. The maximum atomic E-state index is 12.3. The highest BCUT2D eigenvalue weighted by atomic mass is 16.5. The number of piperazine rings is 1. The van der Waals surface area contributed by atoms with E-state index in [4.69, 9.17) is 4.74 Å². The Morgan fingerprint density at radius 2 is 1.62 bits per heavy atom. The fourth-order valence-electron chi connectivity index (χ4n) is 3.03. The quantitative estimate of drug-likeness (QED) is 0.836. The molecule has 0 unspecified atom stereocenters. The number of nitrogens with one attached hydrogen (secondary N) is 1. The smallest absolute Gasteiger partial charge is 0.340 e. The molecule has 136 valence electrons. The first-order valence-corrected chi connectivity index (χ1v) is 8.70. The Hall–Kier alpha value is -3.02. The fraction of sp³-hybridized carbons (Fsp3) is 0.300. The number of para-hydroxylation sites is 2. The summed E-state index contributed by atoms with van der Waals surface area (Å²) in [6.45, 7) is 2.55. The van der Waals surface area contributed by atoms with Crippen LogP contribution in [0.5, 0.6) is 0 Å². The van der Waals surface area contributed by atoms with Gasteiger partial charge in [0.1, 0.15) is 0 Å². The summed E-state index contributed by atoms with van der Waals surface area (Å²) < 4.78 is 5.21. The van der Waals surface area contributed by atoms with Crippen molar-refractivity contribution >= 4 is 23.3 Å². The molecule has 6 nitrogen and oxygen atoms in total. The highest BCUT2D eigenvalue weighted by molar-refractivity contribution is 5.96. The van der Waals surface area contributed by atoms with E-state index in [1.165, 1.54) is 0 Å². The van der Waals surface area contributed by atoms with Crippen LogP contribution in [-0.4, -0.2) is 56.6 Å². The molecule has 1 saturated heterocycles. The summed E-state index contributed by atoms with van der Waals surface area (Å²) >= 11 is 0. The zero-order valence-electron chi connectivity index (χ0n) is 14.9. The molecule has 0 atom stereocenters. The van der Waals surface area contributed by atoms with Crippen LogP contribution in [0, 0.1) is 0 Å². The van der Waals surface area contributed by atoms with Crippen LogP contribution >= 0.6 is 0 Å². The lowest BCUT2D eigenvalue weighted by molar-refractivity contribution is -0.134. The number of anilines is 2. The van der Waals surface area contributed by atoms with Crippen molar-refractivity contribution in [3.05, 3.63) is 60.2 Å². The van der Waals surface area contributed by atoms with Gasteiger partial charge in [0, 0.05) is 44.6 Å². The molecule has 1 heterocycles. The number of benzene rings is 2. The van der Waals surface area contributed by atoms with E-state index < -0.39 is 5.97 Å². The van der Waals surface area contributed by atoms with Crippen LogP contribution < -0.4 is 10.2 Å². The molecule has 1 aliphatic heterocycles. The Morgan fingerprint density at radius 3 is 2.31 bits per heavy atom. The first-order chi connectivity index (χ1) is 12.7. The van der Waals surface area contributed by atoms with Gasteiger partial charge in [0.2, 0.25) is 0 Å². The van der Waals surface area contributed by atoms with Crippen molar-refractivity contribution < 1.29 is 14.3 Å². The number of nitrogens with zero attached hydrogens (tertiary/aromatic N) is 2. The number of hydrogen-bond donors (Lipinski definition) is 1. The van der Waals surface area contributed by atoms with Crippen molar-refractivity contribution in [2.45, 2.75) is 0 Å². The molecule has 0 aromatic heterocycles. The largest absolute Gasteiger partial charge is 0.452 e. The molecule has 6 heteroatoms. The SMILES string of the molecule is CNc1ccccc1C(=O)OCC(=O)N1CCN(c2ccccc2)CC1. The summed E-state index contributed by atoms with van der Waals surface area (Å²) in [4.78, 5) is 28.5. The maximum Gasteiger partial charge on any atom is 0.340 e. The first-order valence-electron chi connectivity index (χ1n) is 8.70. The second-order valence-electron chi connectivity index (χ2n) is 6.08. The van der Waals surface area contributed by atoms with Crippen molar-refractivity contribution in [2.75, 3.05) is 50.1 Å². The number of esters is 1. The second kappa shape index (κ2) is 8.38. The molecule has 3 rings (SSSR count). The van der Waals surface area contributed by atoms with Crippen LogP contribution in [0.2, 0.25) is 0 Å². The van der Waals surface area contributed by atoms with Crippen LogP contribution in [0.25, 0.3) is 0 Å². The third kappa shape index (κ3) is 4.14. The maximum absolute atomic E-state index is 12.3. The number of rotatable bonds is 5. The lowest BCUT2D eigenvalue weighted by atomic mass is 10.2. The van der Waals surface area contributed by atoms with E-state index in [0.717, 1.165) is 18.8 Å². The zero-order valence-corrected chi connectivity index (χ0v) is 14.9. The molecule has 0 bridgehead atoms. The van der Waals surface area contributed by atoms with Gasteiger partial charge < -0.3 is 19.9 Å². The highest BCUT2D eigenvalue weighted by Crippen LogP contribution is 2.17. The standard InChI is InChI=1S/C20H23N3O3/c1-21-18-10-6-5-9-17(18)20(25)26-15-19(24)23-13-11-22(12-14-23)16-7-3-2-4-8-16/h2-10,21H,11-15H2,1H3. The lowest BCUT2D eigenvalue weighted by Crippen LogP contribution is -2.49. The zero-order chi connectivity index (χ0) is 18.4. The molecule has 26 heavy (non-hydrogen) atoms. The van der Waals surface area contributed by atoms with Gasteiger partial charge in [-0.05, 0) is 24.3 Å².